The van der Waals surface area contributed by atoms with Gasteiger partial charge in [0.1, 0.15) is 0 Å². The molecule has 0 spiro atoms. The van der Waals surface area contributed by atoms with Gasteiger partial charge in [0.25, 0.3) is 0 Å². The zero-order valence-electron chi connectivity index (χ0n) is 12.4. The van der Waals surface area contributed by atoms with Crippen molar-refractivity contribution in [1.29, 1.82) is 0 Å². The Bertz CT molecular complexity index is 386. The monoisotopic (exact) mass is 282 g/mol. The molecule has 1 aromatic rings. The van der Waals surface area contributed by atoms with Gasteiger partial charge >= 0.3 is 0 Å². The van der Waals surface area contributed by atoms with Crippen LogP contribution >= 0.6 is 12.4 Å². The largest absolute Gasteiger partial charge is 0.315 e. The van der Waals surface area contributed by atoms with Gasteiger partial charge in [-0.25, -0.2) is 0 Å². The van der Waals surface area contributed by atoms with Gasteiger partial charge in [-0.3, -0.25) is 4.90 Å². The van der Waals surface area contributed by atoms with Gasteiger partial charge in [-0.05, 0) is 50.9 Å². The lowest BCUT2D eigenvalue weighted by Gasteiger charge is -2.28. The molecule has 1 heterocycles. The van der Waals surface area contributed by atoms with Crippen LogP contribution in [0, 0.1) is 13.8 Å². The lowest BCUT2D eigenvalue weighted by molar-refractivity contribution is 0.199. The maximum atomic E-state index is 3.48. The van der Waals surface area contributed by atoms with Crippen molar-refractivity contribution in [2.24, 2.45) is 0 Å². The topological polar surface area (TPSA) is 15.3 Å². The predicted molar refractivity (Wildman–Crippen MR) is 85.1 cm³/mol. The second kappa shape index (κ2) is 7.88. The molecule has 0 amide bonds. The highest BCUT2D eigenvalue weighted by atomic mass is 35.5. The fourth-order valence-electron chi connectivity index (χ4n) is 2.82. The normalized spacial score (nSPS) is 18.6. The second-order valence-electron chi connectivity index (χ2n) is 5.55. The van der Waals surface area contributed by atoms with Gasteiger partial charge < -0.3 is 5.32 Å². The van der Waals surface area contributed by atoms with Crippen molar-refractivity contribution < 1.29 is 0 Å². The molecule has 1 saturated heterocycles. The van der Waals surface area contributed by atoms with Crippen molar-refractivity contribution in [1.82, 2.24) is 10.2 Å². The third kappa shape index (κ3) is 4.48. The predicted octanol–water partition coefficient (Wildman–Crippen LogP) is 3.30. The number of hydrogen-bond donors (Lipinski definition) is 1. The van der Waals surface area contributed by atoms with Gasteiger partial charge in [0.15, 0.2) is 0 Å². The minimum Gasteiger partial charge on any atom is -0.315 e. The van der Waals surface area contributed by atoms with E-state index in [0.717, 1.165) is 19.1 Å². The molecule has 0 bridgehead atoms. The van der Waals surface area contributed by atoms with Crippen LogP contribution in [0.1, 0.15) is 36.5 Å². The van der Waals surface area contributed by atoms with Gasteiger partial charge in [-0.15, -0.1) is 12.4 Å². The molecule has 1 unspecified atom stereocenters. The van der Waals surface area contributed by atoms with Gasteiger partial charge in [0, 0.05) is 19.1 Å². The van der Waals surface area contributed by atoms with Crippen molar-refractivity contribution in [2.45, 2.75) is 46.2 Å². The molecule has 0 saturated carbocycles. The van der Waals surface area contributed by atoms with Gasteiger partial charge in [-0.1, -0.05) is 30.7 Å². The molecule has 1 N–H and O–H groups in total. The molecule has 3 heteroatoms. The second-order valence-corrected chi connectivity index (χ2v) is 5.55. The highest BCUT2D eigenvalue weighted by molar-refractivity contribution is 5.85. The molecule has 1 aliphatic rings. The van der Waals surface area contributed by atoms with Crippen LogP contribution in [0.15, 0.2) is 18.2 Å². The van der Waals surface area contributed by atoms with E-state index in [1.807, 2.05) is 0 Å². The molecule has 1 fully saturated rings. The van der Waals surface area contributed by atoms with Crippen molar-refractivity contribution >= 4 is 12.4 Å². The Kier molecular flexibility index (Phi) is 6.84. The van der Waals surface area contributed by atoms with E-state index in [1.54, 1.807) is 0 Å². The van der Waals surface area contributed by atoms with E-state index in [9.17, 15) is 0 Å². The Morgan fingerprint density at radius 3 is 2.74 bits per heavy atom. The molecule has 108 valence electrons. The van der Waals surface area contributed by atoms with E-state index in [0.29, 0.717) is 0 Å². The van der Waals surface area contributed by atoms with Crippen LogP contribution in [-0.4, -0.2) is 30.6 Å². The van der Waals surface area contributed by atoms with Crippen LogP contribution in [0.2, 0.25) is 0 Å². The molecule has 19 heavy (non-hydrogen) atoms. The summed E-state index contributed by atoms with van der Waals surface area (Å²) in [5, 5.41) is 3.48. The first-order chi connectivity index (χ1) is 8.70. The van der Waals surface area contributed by atoms with Crippen LogP contribution in [0.25, 0.3) is 0 Å². The summed E-state index contributed by atoms with van der Waals surface area (Å²) in [6, 6.07) is 7.53. The van der Waals surface area contributed by atoms with Crippen LogP contribution in [-0.2, 0) is 6.54 Å². The van der Waals surface area contributed by atoms with Crippen LogP contribution in [0.4, 0.5) is 0 Å². The quantitative estimate of drug-likeness (QED) is 0.891. The molecule has 1 atom stereocenters. The van der Waals surface area contributed by atoms with E-state index in [2.05, 4.69) is 49.2 Å². The summed E-state index contributed by atoms with van der Waals surface area (Å²) in [7, 11) is 0. The van der Waals surface area contributed by atoms with Crippen molar-refractivity contribution in [2.75, 3.05) is 19.6 Å². The summed E-state index contributed by atoms with van der Waals surface area (Å²) >= 11 is 0. The average molecular weight is 283 g/mol. The number of benzene rings is 1. The third-order valence-electron chi connectivity index (χ3n) is 3.94. The Labute approximate surface area is 124 Å². The van der Waals surface area contributed by atoms with Crippen molar-refractivity contribution in [3.63, 3.8) is 0 Å². The molecule has 2 nitrogen and oxygen atoms in total. The third-order valence-corrected chi connectivity index (χ3v) is 3.94. The number of halogens is 1. The minimum absolute atomic E-state index is 0. The molecule has 1 aliphatic heterocycles. The lowest BCUT2D eigenvalue weighted by Crippen LogP contribution is -2.37. The number of rotatable bonds is 5. The van der Waals surface area contributed by atoms with Crippen molar-refractivity contribution in [3.8, 4) is 0 Å². The molecular formula is C16H27ClN2. The Morgan fingerprint density at radius 1 is 1.32 bits per heavy atom. The molecule has 2 rings (SSSR count). The molecular weight excluding hydrogens is 256 g/mol. The summed E-state index contributed by atoms with van der Waals surface area (Å²) < 4.78 is 0. The van der Waals surface area contributed by atoms with E-state index in [1.165, 1.54) is 42.6 Å². The van der Waals surface area contributed by atoms with Crippen LogP contribution < -0.4 is 5.32 Å². The van der Waals surface area contributed by atoms with Crippen LogP contribution in [0.3, 0.4) is 0 Å². The van der Waals surface area contributed by atoms with Gasteiger partial charge in [0.05, 0.1) is 0 Å². The summed E-state index contributed by atoms with van der Waals surface area (Å²) in [5.74, 6) is 0. The Hall–Kier alpha value is -0.570. The zero-order chi connectivity index (χ0) is 13.0. The summed E-state index contributed by atoms with van der Waals surface area (Å²) in [4.78, 5) is 2.65. The SMILES string of the molecule is CCCN(Cc1cc(C)ccc1C)C1CCNC1.Cl. The minimum atomic E-state index is 0. The standard InChI is InChI=1S/C16H26N2.ClH/c1-4-9-18(16-7-8-17-11-16)12-15-10-13(2)5-6-14(15)3;/h5-6,10,16-17H,4,7-9,11-12H2,1-3H3;1H. The number of hydrogen-bond acceptors (Lipinski definition) is 2. The fourth-order valence-corrected chi connectivity index (χ4v) is 2.82. The molecule has 1 aromatic carbocycles. The van der Waals surface area contributed by atoms with Crippen molar-refractivity contribution in [3.05, 3.63) is 34.9 Å². The fraction of sp³-hybridized carbons (Fsp3) is 0.625. The Balaban J connectivity index is 0.00000180. The van der Waals surface area contributed by atoms with E-state index >= 15 is 0 Å². The number of nitrogens with zero attached hydrogens (tertiary/aromatic N) is 1. The molecule has 0 aliphatic carbocycles. The van der Waals surface area contributed by atoms with Gasteiger partial charge in [0.2, 0.25) is 0 Å². The lowest BCUT2D eigenvalue weighted by atomic mass is 10.0. The first kappa shape index (κ1) is 16.5. The highest BCUT2D eigenvalue weighted by Crippen LogP contribution is 2.17. The summed E-state index contributed by atoms with van der Waals surface area (Å²) in [5.41, 5.74) is 4.29. The highest BCUT2D eigenvalue weighted by Gasteiger charge is 2.21. The van der Waals surface area contributed by atoms with Crippen LogP contribution in [0.5, 0.6) is 0 Å². The first-order valence-electron chi connectivity index (χ1n) is 7.21. The molecule has 0 aromatic heterocycles. The van der Waals surface area contributed by atoms with E-state index in [-0.39, 0.29) is 12.4 Å². The maximum Gasteiger partial charge on any atom is 0.0239 e. The van der Waals surface area contributed by atoms with E-state index in [4.69, 9.17) is 0 Å². The van der Waals surface area contributed by atoms with Gasteiger partial charge in [-0.2, -0.15) is 0 Å². The number of aryl methyl sites for hydroxylation is 2. The first-order valence-corrected chi connectivity index (χ1v) is 7.21. The summed E-state index contributed by atoms with van der Waals surface area (Å²) in [6.45, 7) is 11.3. The summed E-state index contributed by atoms with van der Waals surface area (Å²) in [6.07, 6.45) is 2.53. The Morgan fingerprint density at radius 2 is 2.11 bits per heavy atom. The smallest absolute Gasteiger partial charge is 0.0239 e. The maximum absolute atomic E-state index is 3.48. The average Bonchev–Trinajstić information content (AvgIpc) is 2.87. The van der Waals surface area contributed by atoms with E-state index < -0.39 is 0 Å². The molecule has 0 radical (unpaired) electrons. The zero-order valence-corrected chi connectivity index (χ0v) is 13.2. The number of nitrogens with one attached hydrogen (secondary N) is 1.